The van der Waals surface area contributed by atoms with Crippen molar-refractivity contribution in [3.05, 3.63) is 90.2 Å². The number of hydrogen-bond acceptors (Lipinski definition) is 4. The van der Waals surface area contributed by atoms with E-state index < -0.39 is 33.9 Å². The molecule has 0 aliphatic carbocycles. The fraction of sp³-hybridized carbons (Fsp3) is 0.296. The van der Waals surface area contributed by atoms with E-state index in [1.54, 1.807) is 30.3 Å². The molecule has 0 fully saturated rings. The van der Waals surface area contributed by atoms with Gasteiger partial charge >= 0.3 is 0 Å². The first-order valence-corrected chi connectivity index (χ1v) is 13.1. The monoisotopic (exact) mass is 496 g/mol. The predicted octanol–water partition coefficient (Wildman–Crippen LogP) is 5.22. The van der Waals surface area contributed by atoms with E-state index in [-0.39, 0.29) is 10.9 Å². The highest BCUT2D eigenvalue weighted by Crippen LogP contribution is 2.42. The van der Waals surface area contributed by atoms with Crippen LogP contribution in [0.15, 0.2) is 83.8 Å². The minimum Gasteiger partial charge on any atom is -0.487 e. The third-order valence-corrected chi connectivity index (χ3v) is 8.34. The van der Waals surface area contributed by atoms with Gasteiger partial charge in [-0.25, -0.2) is 12.8 Å². The topological polar surface area (TPSA) is 75.7 Å². The third kappa shape index (κ3) is 5.17. The van der Waals surface area contributed by atoms with Crippen molar-refractivity contribution in [3.8, 4) is 5.75 Å². The van der Waals surface area contributed by atoms with Crippen molar-refractivity contribution in [2.24, 2.45) is 0 Å². The molecular weight excluding hydrogens is 467 g/mol. The molecule has 1 amide bonds. The van der Waals surface area contributed by atoms with Gasteiger partial charge in [-0.15, -0.1) is 0 Å². The summed E-state index contributed by atoms with van der Waals surface area (Å²) in [5.41, 5.74) is 0.799. The minimum absolute atomic E-state index is 0.0945. The summed E-state index contributed by atoms with van der Waals surface area (Å²) in [6.45, 7) is 3.69. The van der Waals surface area contributed by atoms with Gasteiger partial charge in [0.2, 0.25) is 5.91 Å². The number of nitrogens with one attached hydrogen (secondary N) is 1. The number of carbonyl (C=O) groups excluding carboxylic acids is 1. The molecule has 0 radical (unpaired) electrons. The smallest absolute Gasteiger partial charge is 0.264 e. The van der Waals surface area contributed by atoms with Crippen LogP contribution in [-0.4, -0.2) is 26.5 Å². The Hall–Kier alpha value is -3.39. The number of ether oxygens (including phenoxy) is 1. The summed E-state index contributed by atoms with van der Waals surface area (Å²) in [6.07, 6.45) is 2.14. The largest absolute Gasteiger partial charge is 0.487 e. The Morgan fingerprint density at radius 2 is 1.63 bits per heavy atom. The Morgan fingerprint density at radius 1 is 1.00 bits per heavy atom. The Kier molecular flexibility index (Phi) is 7.12. The Bertz CT molecular complexity index is 1280. The van der Waals surface area contributed by atoms with Crippen molar-refractivity contribution in [2.45, 2.75) is 49.6 Å². The third-order valence-electron chi connectivity index (χ3n) is 6.55. The van der Waals surface area contributed by atoms with Gasteiger partial charge in [-0.05, 0) is 55.3 Å². The number of anilines is 1. The molecule has 0 bridgehead atoms. The molecule has 1 atom stereocenters. The van der Waals surface area contributed by atoms with Crippen LogP contribution < -0.4 is 14.4 Å². The first-order valence-electron chi connectivity index (χ1n) is 11.7. The number of carbonyl (C=O) groups is 1. The summed E-state index contributed by atoms with van der Waals surface area (Å²) >= 11 is 0. The predicted molar refractivity (Wildman–Crippen MR) is 133 cm³/mol. The average molecular weight is 497 g/mol. The second kappa shape index (κ2) is 10.1. The zero-order valence-electron chi connectivity index (χ0n) is 19.8. The lowest BCUT2D eigenvalue weighted by atomic mass is 9.83. The van der Waals surface area contributed by atoms with Crippen molar-refractivity contribution < 1.29 is 22.3 Å². The second-order valence-electron chi connectivity index (χ2n) is 8.66. The fourth-order valence-electron chi connectivity index (χ4n) is 4.44. The molecule has 8 heteroatoms. The molecule has 1 N–H and O–H groups in total. The summed E-state index contributed by atoms with van der Waals surface area (Å²) < 4.78 is 47.7. The number of rotatable bonds is 8. The van der Waals surface area contributed by atoms with E-state index in [0.29, 0.717) is 12.1 Å². The summed E-state index contributed by atoms with van der Waals surface area (Å²) in [4.78, 5) is 13.2. The van der Waals surface area contributed by atoms with E-state index in [2.05, 4.69) is 19.2 Å². The fourth-order valence-corrected chi connectivity index (χ4v) is 5.86. The maximum atomic E-state index is 13.5. The molecule has 3 aromatic rings. The molecule has 0 unspecified atom stereocenters. The minimum atomic E-state index is -4.12. The second-order valence-corrected chi connectivity index (χ2v) is 10.5. The van der Waals surface area contributed by atoms with Gasteiger partial charge in [-0.2, -0.15) is 0 Å². The summed E-state index contributed by atoms with van der Waals surface area (Å²) in [5.74, 6) is -0.254. The zero-order chi connectivity index (χ0) is 25.1. The molecular formula is C27H29FN2O4S. The lowest BCUT2D eigenvalue weighted by Crippen LogP contribution is -2.47. The number of halogens is 1. The molecule has 1 heterocycles. The first kappa shape index (κ1) is 24.7. The van der Waals surface area contributed by atoms with E-state index in [9.17, 15) is 17.6 Å². The Morgan fingerprint density at radius 3 is 2.29 bits per heavy atom. The molecule has 0 saturated heterocycles. The molecule has 0 aromatic heterocycles. The Balaban J connectivity index is 1.63. The highest BCUT2D eigenvalue weighted by molar-refractivity contribution is 7.92. The highest BCUT2D eigenvalue weighted by Gasteiger charge is 2.39. The van der Waals surface area contributed by atoms with Crippen molar-refractivity contribution >= 4 is 21.6 Å². The van der Waals surface area contributed by atoms with Gasteiger partial charge in [0.05, 0.1) is 16.6 Å². The van der Waals surface area contributed by atoms with Gasteiger partial charge < -0.3 is 10.1 Å². The number of benzene rings is 3. The molecule has 35 heavy (non-hydrogen) atoms. The van der Waals surface area contributed by atoms with Crippen molar-refractivity contribution in [1.29, 1.82) is 0 Å². The number of fused-ring (bicyclic) bond motifs is 1. The lowest BCUT2D eigenvalue weighted by Gasteiger charge is -2.41. The number of para-hydroxylation sites is 2. The van der Waals surface area contributed by atoms with E-state index in [0.717, 1.165) is 40.6 Å². The quantitative estimate of drug-likeness (QED) is 0.464. The van der Waals surface area contributed by atoms with Crippen LogP contribution in [0.5, 0.6) is 5.75 Å². The standard InChI is InChI=1S/C27H29FN2O4S/c1-3-27(4-2)18-24(23-12-8-9-13-25(23)34-27)29-26(31)19-30(21-10-6-5-7-11-21)35(32,33)22-16-14-20(28)15-17-22/h5-17,24H,3-4,18-19H2,1-2H3,(H,29,31)/t24-/m0/s1. The molecule has 0 saturated carbocycles. The van der Waals surface area contributed by atoms with Gasteiger partial charge in [-0.3, -0.25) is 9.10 Å². The highest BCUT2D eigenvalue weighted by atomic mass is 32.2. The van der Waals surface area contributed by atoms with E-state index >= 15 is 0 Å². The number of nitrogens with zero attached hydrogens (tertiary/aromatic N) is 1. The van der Waals surface area contributed by atoms with Gasteiger partial charge in [0.25, 0.3) is 10.0 Å². The maximum Gasteiger partial charge on any atom is 0.264 e. The number of hydrogen-bond donors (Lipinski definition) is 1. The van der Waals surface area contributed by atoms with Crippen LogP contribution in [0.25, 0.3) is 0 Å². The molecule has 6 nitrogen and oxygen atoms in total. The van der Waals surface area contributed by atoms with Crippen LogP contribution >= 0.6 is 0 Å². The Labute approximate surface area is 205 Å². The molecule has 184 valence electrons. The van der Waals surface area contributed by atoms with Crippen LogP contribution in [-0.2, 0) is 14.8 Å². The number of sulfonamides is 1. The SMILES string of the molecule is CCC1(CC)C[C@H](NC(=O)CN(c2ccccc2)S(=O)(=O)c2ccc(F)cc2)c2ccccc2O1. The summed E-state index contributed by atoms with van der Waals surface area (Å²) in [6, 6.07) is 20.3. The first-order chi connectivity index (χ1) is 16.8. The maximum absolute atomic E-state index is 13.5. The van der Waals surface area contributed by atoms with Crippen LogP contribution in [0, 0.1) is 5.82 Å². The van der Waals surface area contributed by atoms with Gasteiger partial charge in [0.15, 0.2) is 0 Å². The van der Waals surface area contributed by atoms with Crippen LogP contribution in [0.3, 0.4) is 0 Å². The van der Waals surface area contributed by atoms with E-state index in [1.807, 2.05) is 24.3 Å². The molecule has 1 aliphatic rings. The van der Waals surface area contributed by atoms with Gasteiger partial charge in [0, 0.05) is 12.0 Å². The van der Waals surface area contributed by atoms with E-state index in [4.69, 9.17) is 4.74 Å². The van der Waals surface area contributed by atoms with E-state index in [1.165, 1.54) is 12.1 Å². The lowest BCUT2D eigenvalue weighted by molar-refractivity contribution is -0.121. The van der Waals surface area contributed by atoms with Crippen LogP contribution in [0.1, 0.15) is 44.7 Å². The normalized spacial score (nSPS) is 16.6. The number of amides is 1. The van der Waals surface area contributed by atoms with Crippen molar-refractivity contribution in [2.75, 3.05) is 10.8 Å². The van der Waals surface area contributed by atoms with Crippen LogP contribution in [0.4, 0.5) is 10.1 Å². The average Bonchev–Trinajstić information content (AvgIpc) is 2.87. The van der Waals surface area contributed by atoms with Gasteiger partial charge in [-0.1, -0.05) is 50.2 Å². The molecule has 4 rings (SSSR count). The van der Waals surface area contributed by atoms with Crippen molar-refractivity contribution in [3.63, 3.8) is 0 Å². The molecule has 0 spiro atoms. The van der Waals surface area contributed by atoms with Crippen molar-refractivity contribution in [1.82, 2.24) is 5.32 Å². The summed E-state index contributed by atoms with van der Waals surface area (Å²) in [5, 5.41) is 3.05. The zero-order valence-corrected chi connectivity index (χ0v) is 20.6. The molecule has 3 aromatic carbocycles. The van der Waals surface area contributed by atoms with Crippen LogP contribution in [0.2, 0.25) is 0 Å². The van der Waals surface area contributed by atoms with Gasteiger partial charge in [0.1, 0.15) is 23.7 Å². The molecule has 1 aliphatic heterocycles. The summed E-state index contributed by atoms with van der Waals surface area (Å²) in [7, 11) is -4.12.